The number of benzene rings is 1. The van der Waals surface area contributed by atoms with Gasteiger partial charge in [-0.05, 0) is 24.3 Å². The minimum absolute atomic E-state index is 0.229. The number of halogens is 1. The maximum atomic E-state index is 11.9. The summed E-state index contributed by atoms with van der Waals surface area (Å²) in [6.07, 6.45) is 1.79. The number of nitrogens with one attached hydrogen (secondary N) is 1. The Morgan fingerprint density at radius 2 is 2.16 bits per heavy atom. The third-order valence-electron chi connectivity index (χ3n) is 2.06. The Bertz CT molecular complexity index is 583. The van der Waals surface area contributed by atoms with Gasteiger partial charge >= 0.3 is 0 Å². The van der Waals surface area contributed by atoms with Crippen LogP contribution in [0.2, 0.25) is 5.02 Å². The van der Waals surface area contributed by atoms with Crippen LogP contribution in [0.1, 0.15) is 10.4 Å². The number of aromatic nitrogens is 2. The molecule has 0 unspecified atom stereocenters. The first-order valence-corrected chi connectivity index (χ1v) is 7.51. The fraction of sp³-hybridized carbons (Fsp3) is 0.0833. The topological polar surface area (TPSA) is 54.9 Å². The van der Waals surface area contributed by atoms with Gasteiger partial charge in [0.1, 0.15) is 0 Å². The lowest BCUT2D eigenvalue weighted by atomic mass is 10.2. The standard InChI is InChI=1S/C12H10ClN3OS2/c1-2-7-18-12-16-15-11(19-12)14-10(17)8-3-5-9(13)6-4-8/h2-6H,1,7H2,(H,14,15,17). The molecule has 0 aliphatic rings. The normalized spacial score (nSPS) is 10.2. The molecule has 0 aliphatic heterocycles. The molecule has 0 saturated carbocycles. The molecule has 0 saturated heterocycles. The van der Waals surface area contributed by atoms with Gasteiger partial charge in [-0.3, -0.25) is 10.1 Å². The summed E-state index contributed by atoms with van der Waals surface area (Å²) in [7, 11) is 0. The van der Waals surface area contributed by atoms with Crippen LogP contribution in [0.25, 0.3) is 0 Å². The Hall–Kier alpha value is -1.37. The van der Waals surface area contributed by atoms with E-state index in [-0.39, 0.29) is 5.91 Å². The van der Waals surface area contributed by atoms with Gasteiger partial charge in [0.15, 0.2) is 4.34 Å². The van der Waals surface area contributed by atoms with Crippen molar-refractivity contribution < 1.29 is 4.79 Å². The molecule has 7 heteroatoms. The lowest BCUT2D eigenvalue weighted by Crippen LogP contribution is -2.11. The van der Waals surface area contributed by atoms with Gasteiger partial charge in [0.25, 0.3) is 5.91 Å². The predicted molar refractivity (Wildman–Crippen MR) is 80.2 cm³/mol. The van der Waals surface area contributed by atoms with Crippen LogP contribution in [-0.2, 0) is 0 Å². The summed E-state index contributed by atoms with van der Waals surface area (Å²) in [6, 6.07) is 6.65. The highest BCUT2D eigenvalue weighted by Gasteiger charge is 2.10. The minimum atomic E-state index is -0.229. The smallest absolute Gasteiger partial charge is 0.257 e. The molecule has 1 N–H and O–H groups in total. The van der Waals surface area contributed by atoms with Crippen molar-refractivity contribution in [3.63, 3.8) is 0 Å². The fourth-order valence-corrected chi connectivity index (χ4v) is 2.85. The quantitative estimate of drug-likeness (QED) is 0.519. The zero-order chi connectivity index (χ0) is 13.7. The van der Waals surface area contributed by atoms with Crippen LogP contribution in [0.4, 0.5) is 5.13 Å². The van der Waals surface area contributed by atoms with Crippen LogP contribution in [0.5, 0.6) is 0 Å². The number of rotatable bonds is 5. The van der Waals surface area contributed by atoms with Crippen molar-refractivity contribution in [3.05, 3.63) is 47.5 Å². The zero-order valence-corrected chi connectivity index (χ0v) is 12.2. The molecule has 98 valence electrons. The van der Waals surface area contributed by atoms with Crippen molar-refractivity contribution >= 4 is 45.7 Å². The summed E-state index contributed by atoms with van der Waals surface area (Å²) in [5.41, 5.74) is 0.528. The molecule has 19 heavy (non-hydrogen) atoms. The van der Waals surface area contributed by atoms with Gasteiger partial charge in [0.2, 0.25) is 5.13 Å². The van der Waals surface area contributed by atoms with Gasteiger partial charge < -0.3 is 0 Å². The highest BCUT2D eigenvalue weighted by molar-refractivity contribution is 8.01. The molecule has 1 heterocycles. The highest BCUT2D eigenvalue weighted by Crippen LogP contribution is 2.25. The second kappa shape index (κ2) is 6.70. The van der Waals surface area contributed by atoms with Crippen molar-refractivity contribution in [2.45, 2.75) is 4.34 Å². The highest BCUT2D eigenvalue weighted by atomic mass is 35.5. The van der Waals surface area contributed by atoms with Gasteiger partial charge in [0, 0.05) is 16.3 Å². The number of nitrogens with zero attached hydrogens (tertiary/aromatic N) is 2. The molecular weight excluding hydrogens is 302 g/mol. The molecule has 1 amide bonds. The monoisotopic (exact) mass is 311 g/mol. The molecule has 1 aromatic carbocycles. The number of carbonyl (C=O) groups excluding carboxylic acids is 1. The van der Waals surface area contributed by atoms with Crippen molar-refractivity contribution in [3.8, 4) is 0 Å². The van der Waals surface area contributed by atoms with E-state index in [4.69, 9.17) is 11.6 Å². The Morgan fingerprint density at radius 1 is 1.42 bits per heavy atom. The van der Waals surface area contributed by atoms with Gasteiger partial charge in [-0.15, -0.1) is 16.8 Å². The summed E-state index contributed by atoms with van der Waals surface area (Å²) in [6.45, 7) is 3.63. The minimum Gasteiger partial charge on any atom is -0.296 e. The SMILES string of the molecule is C=CCSc1nnc(NC(=O)c2ccc(Cl)cc2)s1. The van der Waals surface area contributed by atoms with E-state index in [0.717, 1.165) is 10.1 Å². The number of hydrogen-bond donors (Lipinski definition) is 1. The van der Waals surface area contributed by atoms with Crippen LogP contribution < -0.4 is 5.32 Å². The first kappa shape index (κ1) is 14.0. The van der Waals surface area contributed by atoms with Crippen LogP contribution >= 0.6 is 34.7 Å². The molecule has 0 radical (unpaired) electrons. The Morgan fingerprint density at radius 3 is 2.84 bits per heavy atom. The van der Waals surface area contributed by atoms with Crippen molar-refractivity contribution in [2.75, 3.05) is 11.1 Å². The molecule has 2 aromatic rings. The predicted octanol–water partition coefficient (Wildman–Crippen LogP) is 3.72. The zero-order valence-electron chi connectivity index (χ0n) is 9.80. The van der Waals surface area contributed by atoms with Crippen LogP contribution in [-0.4, -0.2) is 21.9 Å². The van der Waals surface area contributed by atoms with Crippen LogP contribution in [0, 0.1) is 0 Å². The molecule has 0 spiro atoms. The first-order chi connectivity index (χ1) is 9.19. The number of thioether (sulfide) groups is 1. The molecule has 2 rings (SSSR count). The summed E-state index contributed by atoms with van der Waals surface area (Å²) in [4.78, 5) is 11.9. The molecule has 0 bridgehead atoms. The Kier molecular flexibility index (Phi) is 4.95. The summed E-state index contributed by atoms with van der Waals surface area (Å²) >= 11 is 8.62. The van der Waals surface area contributed by atoms with Crippen molar-refractivity contribution in [1.29, 1.82) is 0 Å². The van der Waals surface area contributed by atoms with E-state index < -0.39 is 0 Å². The van der Waals surface area contributed by atoms with E-state index in [2.05, 4.69) is 22.1 Å². The molecular formula is C12H10ClN3OS2. The number of carbonyl (C=O) groups is 1. The van der Waals surface area contributed by atoms with Crippen molar-refractivity contribution in [2.24, 2.45) is 0 Å². The third kappa shape index (κ3) is 4.05. The van der Waals surface area contributed by atoms with E-state index in [1.54, 1.807) is 30.3 Å². The number of hydrogen-bond acceptors (Lipinski definition) is 5. The lowest BCUT2D eigenvalue weighted by Gasteiger charge is -2.00. The lowest BCUT2D eigenvalue weighted by molar-refractivity contribution is 0.102. The fourth-order valence-electron chi connectivity index (χ4n) is 1.22. The van der Waals surface area contributed by atoms with E-state index in [1.165, 1.54) is 23.1 Å². The van der Waals surface area contributed by atoms with Gasteiger partial charge in [0.05, 0.1) is 0 Å². The summed E-state index contributed by atoms with van der Waals surface area (Å²) in [5, 5.41) is 11.6. The Labute approximate surface area is 123 Å². The van der Waals surface area contributed by atoms with E-state index in [9.17, 15) is 4.79 Å². The molecule has 0 aliphatic carbocycles. The van der Waals surface area contributed by atoms with Gasteiger partial charge in [-0.1, -0.05) is 40.8 Å². The third-order valence-corrected chi connectivity index (χ3v) is 4.28. The number of anilines is 1. The summed E-state index contributed by atoms with van der Waals surface area (Å²) < 4.78 is 0.798. The second-order valence-corrected chi connectivity index (χ2v) is 6.11. The molecule has 0 fully saturated rings. The largest absolute Gasteiger partial charge is 0.296 e. The average Bonchev–Trinajstić information content (AvgIpc) is 2.84. The molecule has 0 atom stereocenters. The first-order valence-electron chi connectivity index (χ1n) is 5.33. The average molecular weight is 312 g/mol. The number of amides is 1. The maximum Gasteiger partial charge on any atom is 0.257 e. The maximum absolute atomic E-state index is 11.9. The molecule has 4 nitrogen and oxygen atoms in total. The van der Waals surface area contributed by atoms with Gasteiger partial charge in [-0.2, -0.15) is 0 Å². The van der Waals surface area contributed by atoms with Crippen LogP contribution in [0.3, 0.4) is 0 Å². The van der Waals surface area contributed by atoms with E-state index in [0.29, 0.717) is 15.7 Å². The molecule has 1 aromatic heterocycles. The Balaban J connectivity index is 2.00. The van der Waals surface area contributed by atoms with Crippen LogP contribution in [0.15, 0.2) is 41.3 Å². The summed E-state index contributed by atoms with van der Waals surface area (Å²) in [5.74, 6) is 0.535. The van der Waals surface area contributed by atoms with Gasteiger partial charge in [-0.25, -0.2) is 0 Å². The van der Waals surface area contributed by atoms with E-state index in [1.807, 2.05) is 0 Å². The second-order valence-electron chi connectivity index (χ2n) is 3.43. The van der Waals surface area contributed by atoms with Crippen molar-refractivity contribution in [1.82, 2.24) is 10.2 Å². The van der Waals surface area contributed by atoms with E-state index >= 15 is 0 Å².